The molecule has 0 amide bonds. The van der Waals surface area contributed by atoms with Crippen LogP contribution in [-0.4, -0.2) is 29.2 Å². The van der Waals surface area contributed by atoms with Gasteiger partial charge in [-0.2, -0.15) is 0 Å². The summed E-state index contributed by atoms with van der Waals surface area (Å²) in [5, 5.41) is 0. The number of piperidine rings is 1. The van der Waals surface area contributed by atoms with Crippen LogP contribution in [0.2, 0.25) is 0 Å². The van der Waals surface area contributed by atoms with E-state index in [-0.39, 0.29) is 5.56 Å². The smallest absolute Gasteiger partial charge is 0.293 e. The Hall–Kier alpha value is -1.36. The molecule has 1 saturated heterocycles. The maximum atomic E-state index is 12.5. The molecule has 2 atom stereocenters. The number of rotatable bonds is 4. The summed E-state index contributed by atoms with van der Waals surface area (Å²) in [4.78, 5) is 18.9. The van der Waals surface area contributed by atoms with E-state index in [0.29, 0.717) is 30.1 Å². The quantitative estimate of drug-likeness (QED) is 0.902. The van der Waals surface area contributed by atoms with E-state index in [0.717, 1.165) is 26.1 Å². The van der Waals surface area contributed by atoms with Crippen molar-refractivity contribution in [3.8, 4) is 0 Å². The van der Waals surface area contributed by atoms with E-state index in [1.54, 1.807) is 17.0 Å². The molecular weight excluding hydrogens is 252 g/mol. The van der Waals surface area contributed by atoms with Crippen molar-refractivity contribution in [3.05, 3.63) is 22.7 Å². The number of hydrogen-bond donors (Lipinski definition) is 1. The zero-order valence-corrected chi connectivity index (χ0v) is 12.7. The summed E-state index contributed by atoms with van der Waals surface area (Å²) < 4.78 is 1.77. The topological polar surface area (TPSA) is 64.2 Å². The second-order valence-electron chi connectivity index (χ2n) is 6.31. The van der Waals surface area contributed by atoms with Crippen molar-refractivity contribution in [2.75, 3.05) is 24.5 Å². The second-order valence-corrected chi connectivity index (χ2v) is 6.31. The van der Waals surface area contributed by atoms with Gasteiger partial charge in [-0.25, -0.2) is 4.98 Å². The van der Waals surface area contributed by atoms with Gasteiger partial charge in [0.15, 0.2) is 5.82 Å². The second kappa shape index (κ2) is 6.39. The lowest BCUT2D eigenvalue weighted by molar-refractivity contribution is 0.306. The molecule has 1 aliphatic heterocycles. The molecule has 1 aromatic heterocycles. The highest BCUT2D eigenvalue weighted by Gasteiger charge is 2.27. The van der Waals surface area contributed by atoms with Crippen LogP contribution in [0, 0.1) is 17.8 Å². The normalized spacial score (nSPS) is 23.4. The largest absolute Gasteiger partial charge is 0.352 e. The van der Waals surface area contributed by atoms with Crippen LogP contribution >= 0.6 is 0 Å². The Kier molecular flexibility index (Phi) is 4.81. The molecule has 0 saturated carbocycles. The third kappa shape index (κ3) is 3.20. The van der Waals surface area contributed by atoms with Crippen molar-refractivity contribution >= 4 is 5.82 Å². The fourth-order valence-electron chi connectivity index (χ4n) is 2.84. The van der Waals surface area contributed by atoms with Crippen molar-refractivity contribution in [2.24, 2.45) is 23.5 Å². The average Bonchev–Trinajstić information content (AvgIpc) is 2.41. The number of anilines is 1. The van der Waals surface area contributed by atoms with Gasteiger partial charge in [-0.3, -0.25) is 4.79 Å². The van der Waals surface area contributed by atoms with Crippen LogP contribution in [0.3, 0.4) is 0 Å². The Labute approximate surface area is 120 Å². The van der Waals surface area contributed by atoms with Crippen molar-refractivity contribution < 1.29 is 0 Å². The maximum Gasteiger partial charge on any atom is 0.293 e. The van der Waals surface area contributed by atoms with E-state index >= 15 is 0 Å². The summed E-state index contributed by atoms with van der Waals surface area (Å²) in [6.45, 7) is 9.60. The molecule has 0 radical (unpaired) electrons. The van der Waals surface area contributed by atoms with Gasteiger partial charge < -0.3 is 15.2 Å². The van der Waals surface area contributed by atoms with Gasteiger partial charge in [0.05, 0.1) is 0 Å². The summed E-state index contributed by atoms with van der Waals surface area (Å²) in [6.07, 6.45) is 4.58. The van der Waals surface area contributed by atoms with Gasteiger partial charge in [-0.15, -0.1) is 0 Å². The molecular formula is C15H26N4O. The first kappa shape index (κ1) is 15.0. The van der Waals surface area contributed by atoms with E-state index in [9.17, 15) is 4.79 Å². The summed E-state index contributed by atoms with van der Waals surface area (Å²) >= 11 is 0. The number of nitrogens with zero attached hydrogens (tertiary/aromatic N) is 3. The molecule has 5 nitrogen and oxygen atoms in total. The lowest BCUT2D eigenvalue weighted by Gasteiger charge is -2.36. The molecule has 1 aliphatic rings. The van der Waals surface area contributed by atoms with Crippen molar-refractivity contribution in [1.29, 1.82) is 0 Å². The molecule has 2 heterocycles. The summed E-state index contributed by atoms with van der Waals surface area (Å²) in [6, 6.07) is 0. The Balaban J connectivity index is 2.22. The first-order chi connectivity index (χ1) is 9.52. The van der Waals surface area contributed by atoms with Gasteiger partial charge in [0.25, 0.3) is 5.56 Å². The van der Waals surface area contributed by atoms with E-state index in [1.165, 1.54) is 0 Å². The van der Waals surface area contributed by atoms with E-state index in [4.69, 9.17) is 5.73 Å². The molecule has 0 aliphatic carbocycles. The van der Waals surface area contributed by atoms with Gasteiger partial charge in [0.1, 0.15) is 0 Å². The zero-order valence-electron chi connectivity index (χ0n) is 12.7. The molecule has 2 unspecified atom stereocenters. The van der Waals surface area contributed by atoms with Gasteiger partial charge >= 0.3 is 0 Å². The van der Waals surface area contributed by atoms with Gasteiger partial charge in [-0.05, 0) is 30.7 Å². The average molecular weight is 278 g/mol. The summed E-state index contributed by atoms with van der Waals surface area (Å²) in [5.41, 5.74) is 5.86. The summed E-state index contributed by atoms with van der Waals surface area (Å²) in [7, 11) is 0. The molecule has 5 heteroatoms. The highest BCUT2D eigenvalue weighted by molar-refractivity contribution is 5.36. The van der Waals surface area contributed by atoms with Crippen LogP contribution in [0.25, 0.3) is 0 Å². The van der Waals surface area contributed by atoms with Gasteiger partial charge in [0.2, 0.25) is 0 Å². The molecule has 0 aromatic carbocycles. The number of nitrogens with two attached hydrogens (primary N) is 1. The standard InChI is InChI=1S/C15H26N4O/c1-11(2)9-19-7-5-17-14(15(19)20)18-6-4-12(3)13(8-16)10-18/h5,7,11-13H,4,6,8-10,16H2,1-3H3. The van der Waals surface area contributed by atoms with Crippen LogP contribution in [-0.2, 0) is 6.54 Å². The first-order valence-electron chi connectivity index (χ1n) is 7.53. The highest BCUT2D eigenvalue weighted by atomic mass is 16.1. The van der Waals surface area contributed by atoms with Crippen molar-refractivity contribution in [3.63, 3.8) is 0 Å². The molecule has 1 aromatic rings. The highest BCUT2D eigenvalue weighted by Crippen LogP contribution is 2.24. The van der Waals surface area contributed by atoms with Crippen LogP contribution < -0.4 is 16.2 Å². The number of hydrogen-bond acceptors (Lipinski definition) is 4. The lowest BCUT2D eigenvalue weighted by atomic mass is 9.87. The molecule has 1 fully saturated rings. The Morgan fingerprint density at radius 2 is 2.25 bits per heavy atom. The Morgan fingerprint density at radius 1 is 1.50 bits per heavy atom. The summed E-state index contributed by atoms with van der Waals surface area (Å²) in [5.74, 6) is 2.10. The van der Waals surface area contributed by atoms with Crippen molar-refractivity contribution in [1.82, 2.24) is 9.55 Å². The first-order valence-corrected chi connectivity index (χ1v) is 7.53. The third-order valence-corrected chi connectivity index (χ3v) is 4.17. The van der Waals surface area contributed by atoms with E-state index < -0.39 is 0 Å². The predicted molar refractivity (Wildman–Crippen MR) is 81.9 cm³/mol. The molecule has 0 bridgehead atoms. The van der Waals surface area contributed by atoms with Crippen LogP contribution in [0.1, 0.15) is 27.2 Å². The molecule has 20 heavy (non-hydrogen) atoms. The zero-order chi connectivity index (χ0) is 14.7. The molecule has 2 N–H and O–H groups in total. The van der Waals surface area contributed by atoms with Crippen LogP contribution in [0.4, 0.5) is 5.82 Å². The van der Waals surface area contributed by atoms with Crippen LogP contribution in [0.5, 0.6) is 0 Å². The molecule has 0 spiro atoms. The van der Waals surface area contributed by atoms with Crippen molar-refractivity contribution in [2.45, 2.75) is 33.7 Å². The minimum atomic E-state index is 0.0199. The third-order valence-electron chi connectivity index (χ3n) is 4.17. The Morgan fingerprint density at radius 3 is 2.90 bits per heavy atom. The number of aromatic nitrogens is 2. The molecule has 112 valence electrons. The monoisotopic (exact) mass is 278 g/mol. The predicted octanol–water partition coefficient (Wildman–Crippen LogP) is 1.32. The fraction of sp³-hybridized carbons (Fsp3) is 0.733. The van der Waals surface area contributed by atoms with E-state index in [1.807, 2.05) is 0 Å². The minimum Gasteiger partial charge on any atom is -0.352 e. The van der Waals surface area contributed by atoms with E-state index in [2.05, 4.69) is 30.7 Å². The maximum absolute atomic E-state index is 12.5. The Bertz CT molecular complexity index is 497. The van der Waals surface area contributed by atoms with Gasteiger partial charge in [-0.1, -0.05) is 20.8 Å². The van der Waals surface area contributed by atoms with Gasteiger partial charge in [0, 0.05) is 32.0 Å². The molecule has 2 rings (SSSR count). The minimum absolute atomic E-state index is 0.0199. The lowest BCUT2D eigenvalue weighted by Crippen LogP contribution is -2.45. The van der Waals surface area contributed by atoms with Crippen LogP contribution in [0.15, 0.2) is 17.2 Å². The fourth-order valence-corrected chi connectivity index (χ4v) is 2.84. The SMILES string of the molecule is CC(C)Cn1ccnc(N2CCC(C)C(CN)C2)c1=O.